The van der Waals surface area contributed by atoms with Crippen LogP contribution < -0.4 is 5.73 Å². The molecular formula is C9H16N2O3. The van der Waals surface area contributed by atoms with Crippen LogP contribution in [0.25, 0.3) is 0 Å². The van der Waals surface area contributed by atoms with Crippen molar-refractivity contribution in [2.24, 2.45) is 5.73 Å². The number of carboxylic acid groups (broad SMARTS) is 1. The molecule has 1 atom stereocenters. The van der Waals surface area contributed by atoms with Crippen LogP contribution in [0.1, 0.15) is 25.7 Å². The fourth-order valence-corrected chi connectivity index (χ4v) is 1.72. The molecule has 0 bridgehead atoms. The molecule has 0 aromatic heterocycles. The lowest BCUT2D eigenvalue weighted by atomic mass is 10.2. The zero-order valence-electron chi connectivity index (χ0n) is 8.11. The van der Waals surface area contributed by atoms with Crippen molar-refractivity contribution in [3.63, 3.8) is 0 Å². The molecule has 1 aliphatic heterocycles. The van der Waals surface area contributed by atoms with Crippen LogP contribution in [0.15, 0.2) is 0 Å². The summed E-state index contributed by atoms with van der Waals surface area (Å²) < 4.78 is 0. The van der Waals surface area contributed by atoms with Crippen molar-refractivity contribution in [2.75, 3.05) is 13.1 Å². The van der Waals surface area contributed by atoms with Gasteiger partial charge in [-0.2, -0.15) is 0 Å². The molecule has 0 saturated carbocycles. The van der Waals surface area contributed by atoms with Crippen molar-refractivity contribution >= 4 is 11.9 Å². The fourth-order valence-electron chi connectivity index (χ4n) is 1.72. The number of aliphatic carboxylic acids is 1. The van der Waals surface area contributed by atoms with Gasteiger partial charge in [-0.05, 0) is 25.8 Å². The molecule has 1 rings (SSSR count). The minimum Gasteiger partial charge on any atom is -0.480 e. The molecule has 1 aliphatic rings. The molecule has 0 spiro atoms. The van der Waals surface area contributed by atoms with E-state index < -0.39 is 12.0 Å². The van der Waals surface area contributed by atoms with Gasteiger partial charge in [0.2, 0.25) is 5.91 Å². The largest absolute Gasteiger partial charge is 0.480 e. The van der Waals surface area contributed by atoms with Gasteiger partial charge in [0.15, 0.2) is 0 Å². The number of nitrogens with zero attached hydrogens (tertiary/aromatic N) is 1. The van der Waals surface area contributed by atoms with E-state index in [1.54, 1.807) is 0 Å². The number of hydrogen-bond donors (Lipinski definition) is 2. The van der Waals surface area contributed by atoms with E-state index in [0.717, 1.165) is 6.42 Å². The van der Waals surface area contributed by atoms with Crippen LogP contribution in [0.4, 0.5) is 0 Å². The normalized spacial score (nSPS) is 21.2. The van der Waals surface area contributed by atoms with Gasteiger partial charge < -0.3 is 15.7 Å². The summed E-state index contributed by atoms with van der Waals surface area (Å²) in [6.07, 6.45) is 2.34. The molecule has 0 aliphatic carbocycles. The quantitative estimate of drug-likeness (QED) is 0.658. The van der Waals surface area contributed by atoms with Crippen LogP contribution in [-0.2, 0) is 9.59 Å². The smallest absolute Gasteiger partial charge is 0.326 e. The number of carbonyl (C=O) groups is 2. The highest BCUT2D eigenvalue weighted by molar-refractivity contribution is 5.84. The van der Waals surface area contributed by atoms with E-state index in [-0.39, 0.29) is 5.91 Å². The minimum atomic E-state index is -0.899. The number of rotatable bonds is 4. The lowest BCUT2D eigenvalue weighted by Gasteiger charge is -2.21. The van der Waals surface area contributed by atoms with Crippen LogP contribution in [0.5, 0.6) is 0 Å². The Morgan fingerprint density at radius 2 is 2.21 bits per heavy atom. The molecule has 14 heavy (non-hydrogen) atoms. The molecule has 5 heteroatoms. The van der Waals surface area contributed by atoms with Crippen LogP contribution in [0, 0.1) is 0 Å². The van der Waals surface area contributed by atoms with E-state index in [2.05, 4.69) is 0 Å². The highest BCUT2D eigenvalue weighted by atomic mass is 16.4. The molecule has 1 fully saturated rings. The molecule has 1 heterocycles. The first-order chi connectivity index (χ1) is 6.66. The monoisotopic (exact) mass is 200 g/mol. The topological polar surface area (TPSA) is 83.6 Å². The summed E-state index contributed by atoms with van der Waals surface area (Å²) >= 11 is 0. The van der Waals surface area contributed by atoms with Gasteiger partial charge in [-0.25, -0.2) is 4.79 Å². The average Bonchev–Trinajstić information content (AvgIpc) is 2.62. The third-order valence-electron chi connectivity index (χ3n) is 2.45. The first-order valence-electron chi connectivity index (χ1n) is 4.89. The molecule has 3 N–H and O–H groups in total. The Morgan fingerprint density at radius 1 is 1.50 bits per heavy atom. The second-order valence-corrected chi connectivity index (χ2v) is 3.48. The summed E-state index contributed by atoms with van der Waals surface area (Å²) in [5.74, 6) is -0.982. The van der Waals surface area contributed by atoms with Crippen molar-refractivity contribution in [2.45, 2.75) is 31.7 Å². The Balaban J connectivity index is 2.49. The van der Waals surface area contributed by atoms with Crippen LogP contribution in [0.3, 0.4) is 0 Å². The molecule has 1 amide bonds. The van der Waals surface area contributed by atoms with Gasteiger partial charge in [0, 0.05) is 13.0 Å². The molecule has 80 valence electrons. The van der Waals surface area contributed by atoms with Gasteiger partial charge in [-0.1, -0.05) is 0 Å². The number of carboxylic acids is 1. The van der Waals surface area contributed by atoms with E-state index in [0.29, 0.717) is 32.4 Å². The van der Waals surface area contributed by atoms with Gasteiger partial charge >= 0.3 is 5.97 Å². The SMILES string of the molecule is NCCCC(=O)N1CCC[C@@H]1C(=O)O. The van der Waals surface area contributed by atoms with Crippen molar-refractivity contribution in [3.8, 4) is 0 Å². The summed E-state index contributed by atoms with van der Waals surface area (Å²) in [4.78, 5) is 23.8. The Hall–Kier alpha value is -1.10. The predicted octanol–water partition coefficient (Wildman–Crippen LogP) is -0.199. The Labute approximate surface area is 82.9 Å². The number of nitrogens with two attached hydrogens (primary N) is 1. The second-order valence-electron chi connectivity index (χ2n) is 3.48. The van der Waals surface area contributed by atoms with Crippen molar-refractivity contribution in [1.82, 2.24) is 4.90 Å². The minimum absolute atomic E-state index is 0.0830. The van der Waals surface area contributed by atoms with Crippen molar-refractivity contribution in [3.05, 3.63) is 0 Å². The maximum atomic E-state index is 11.5. The third-order valence-corrected chi connectivity index (χ3v) is 2.45. The van der Waals surface area contributed by atoms with E-state index >= 15 is 0 Å². The molecule has 0 aromatic rings. The zero-order chi connectivity index (χ0) is 10.6. The Kier molecular flexibility index (Phi) is 3.88. The molecule has 5 nitrogen and oxygen atoms in total. The highest BCUT2D eigenvalue weighted by Crippen LogP contribution is 2.18. The lowest BCUT2D eigenvalue weighted by Crippen LogP contribution is -2.40. The number of hydrogen-bond acceptors (Lipinski definition) is 3. The summed E-state index contributed by atoms with van der Waals surface area (Å²) in [7, 11) is 0. The Morgan fingerprint density at radius 3 is 2.79 bits per heavy atom. The second kappa shape index (κ2) is 4.95. The molecule has 1 saturated heterocycles. The highest BCUT2D eigenvalue weighted by Gasteiger charge is 2.33. The number of amides is 1. The van der Waals surface area contributed by atoms with Crippen molar-refractivity contribution < 1.29 is 14.7 Å². The number of likely N-dealkylation sites (tertiary alicyclic amines) is 1. The van der Waals surface area contributed by atoms with Crippen LogP contribution in [0.2, 0.25) is 0 Å². The van der Waals surface area contributed by atoms with Gasteiger partial charge in [0.25, 0.3) is 0 Å². The maximum Gasteiger partial charge on any atom is 0.326 e. The first-order valence-corrected chi connectivity index (χ1v) is 4.89. The summed E-state index contributed by atoms with van der Waals surface area (Å²) in [6, 6.07) is -0.611. The molecule has 0 aromatic carbocycles. The zero-order valence-corrected chi connectivity index (χ0v) is 8.11. The fraction of sp³-hybridized carbons (Fsp3) is 0.778. The predicted molar refractivity (Wildman–Crippen MR) is 50.7 cm³/mol. The maximum absolute atomic E-state index is 11.5. The molecular weight excluding hydrogens is 184 g/mol. The van der Waals surface area contributed by atoms with Crippen LogP contribution in [-0.4, -0.2) is 41.0 Å². The van der Waals surface area contributed by atoms with Gasteiger partial charge in [0.05, 0.1) is 0 Å². The van der Waals surface area contributed by atoms with Gasteiger partial charge in [-0.3, -0.25) is 4.79 Å². The van der Waals surface area contributed by atoms with Crippen LogP contribution >= 0.6 is 0 Å². The standard InChI is InChI=1S/C9H16N2O3/c10-5-1-4-8(12)11-6-2-3-7(11)9(13)14/h7H,1-6,10H2,(H,13,14)/t7-/m1/s1. The van der Waals surface area contributed by atoms with Gasteiger partial charge in [0.1, 0.15) is 6.04 Å². The number of carbonyl (C=O) groups excluding carboxylic acids is 1. The Bertz CT molecular complexity index is 230. The summed E-state index contributed by atoms with van der Waals surface area (Å²) in [5.41, 5.74) is 5.28. The molecule has 0 unspecified atom stereocenters. The third kappa shape index (κ3) is 2.45. The first kappa shape index (κ1) is 11.0. The van der Waals surface area contributed by atoms with E-state index in [4.69, 9.17) is 10.8 Å². The van der Waals surface area contributed by atoms with E-state index in [9.17, 15) is 9.59 Å². The van der Waals surface area contributed by atoms with Crippen molar-refractivity contribution in [1.29, 1.82) is 0 Å². The average molecular weight is 200 g/mol. The van der Waals surface area contributed by atoms with E-state index in [1.165, 1.54) is 4.90 Å². The molecule has 0 radical (unpaired) electrons. The van der Waals surface area contributed by atoms with Gasteiger partial charge in [-0.15, -0.1) is 0 Å². The summed E-state index contributed by atoms with van der Waals surface area (Å²) in [6.45, 7) is 1.04. The summed E-state index contributed by atoms with van der Waals surface area (Å²) in [5, 5.41) is 8.84. The lowest BCUT2D eigenvalue weighted by molar-refractivity contribution is -0.148. The van der Waals surface area contributed by atoms with E-state index in [1.807, 2.05) is 0 Å².